The van der Waals surface area contributed by atoms with Gasteiger partial charge in [0.25, 0.3) is 0 Å². The molecule has 1 aliphatic heterocycles. The summed E-state index contributed by atoms with van der Waals surface area (Å²) >= 11 is 0. The third-order valence-electron chi connectivity index (χ3n) is 2.04. The molecular weight excluding hydrogens is 140 g/mol. The number of carbonyl (C=O) groups is 1. The summed E-state index contributed by atoms with van der Waals surface area (Å²) in [5, 5.41) is 6.14. The highest BCUT2D eigenvalue weighted by molar-refractivity contribution is 5.72. The fourth-order valence-electron chi connectivity index (χ4n) is 1.39. The Bertz CT molecular complexity index is 130. The molecule has 3 heteroatoms. The zero-order chi connectivity index (χ0) is 8.10. The van der Waals surface area contributed by atoms with Crippen LogP contribution in [0, 0.1) is 5.92 Å². The lowest BCUT2D eigenvalue weighted by molar-refractivity contribution is -0.119. The van der Waals surface area contributed by atoms with Crippen LogP contribution in [-0.2, 0) is 4.79 Å². The van der Waals surface area contributed by atoms with Crippen LogP contribution in [-0.4, -0.2) is 25.5 Å². The maximum atomic E-state index is 10.6. The minimum Gasteiger partial charge on any atom is -0.356 e. The number of hydrogen-bond donors (Lipinski definition) is 2. The summed E-state index contributed by atoms with van der Waals surface area (Å²) < 4.78 is 0. The lowest BCUT2D eigenvalue weighted by Gasteiger charge is -2.22. The van der Waals surface area contributed by atoms with Crippen LogP contribution in [0.3, 0.4) is 0 Å². The highest BCUT2D eigenvalue weighted by Gasteiger charge is 2.12. The maximum Gasteiger partial charge on any atom is 0.216 e. The second kappa shape index (κ2) is 4.34. The van der Waals surface area contributed by atoms with Crippen molar-refractivity contribution in [2.75, 3.05) is 19.6 Å². The van der Waals surface area contributed by atoms with Gasteiger partial charge >= 0.3 is 0 Å². The Hall–Kier alpha value is -0.570. The third-order valence-corrected chi connectivity index (χ3v) is 2.04. The van der Waals surface area contributed by atoms with Crippen LogP contribution in [0.5, 0.6) is 0 Å². The van der Waals surface area contributed by atoms with Gasteiger partial charge < -0.3 is 10.6 Å². The van der Waals surface area contributed by atoms with Crippen molar-refractivity contribution in [1.29, 1.82) is 0 Å². The summed E-state index contributed by atoms with van der Waals surface area (Å²) in [6, 6.07) is 0. The first-order valence-electron chi connectivity index (χ1n) is 4.24. The van der Waals surface area contributed by atoms with Gasteiger partial charge in [-0.2, -0.15) is 0 Å². The molecule has 1 fully saturated rings. The van der Waals surface area contributed by atoms with Gasteiger partial charge in [0.2, 0.25) is 5.91 Å². The standard InChI is InChI=1S/C8H16N2O/c1-7(11)10-6-8-3-2-4-9-5-8/h8-9H,2-6H2,1H3,(H,10,11)/t8-/m0/s1. The van der Waals surface area contributed by atoms with Crippen molar-refractivity contribution in [1.82, 2.24) is 10.6 Å². The average molecular weight is 156 g/mol. The van der Waals surface area contributed by atoms with Crippen molar-refractivity contribution in [3.8, 4) is 0 Å². The van der Waals surface area contributed by atoms with Crippen molar-refractivity contribution < 1.29 is 4.79 Å². The highest BCUT2D eigenvalue weighted by Crippen LogP contribution is 2.07. The number of piperidine rings is 1. The van der Waals surface area contributed by atoms with Crippen LogP contribution in [0.4, 0.5) is 0 Å². The van der Waals surface area contributed by atoms with Crippen molar-refractivity contribution in [2.24, 2.45) is 5.92 Å². The van der Waals surface area contributed by atoms with E-state index in [9.17, 15) is 4.79 Å². The van der Waals surface area contributed by atoms with Gasteiger partial charge in [0.15, 0.2) is 0 Å². The molecule has 0 radical (unpaired) electrons. The summed E-state index contributed by atoms with van der Waals surface area (Å²) in [6.07, 6.45) is 2.48. The minimum atomic E-state index is 0.0792. The van der Waals surface area contributed by atoms with E-state index in [1.807, 2.05) is 0 Å². The van der Waals surface area contributed by atoms with Crippen molar-refractivity contribution >= 4 is 5.91 Å². The first kappa shape index (κ1) is 8.53. The molecule has 1 heterocycles. The topological polar surface area (TPSA) is 41.1 Å². The molecule has 0 spiro atoms. The predicted molar refractivity (Wildman–Crippen MR) is 44.3 cm³/mol. The van der Waals surface area contributed by atoms with Crippen LogP contribution in [0.15, 0.2) is 0 Å². The summed E-state index contributed by atoms with van der Waals surface area (Å²) in [7, 11) is 0. The largest absolute Gasteiger partial charge is 0.356 e. The van der Waals surface area contributed by atoms with Crippen LogP contribution >= 0.6 is 0 Å². The third kappa shape index (κ3) is 3.37. The Morgan fingerprint density at radius 1 is 1.73 bits per heavy atom. The Labute approximate surface area is 67.5 Å². The summed E-state index contributed by atoms with van der Waals surface area (Å²) in [4.78, 5) is 10.6. The van der Waals surface area contributed by atoms with Gasteiger partial charge in [0.1, 0.15) is 0 Å². The minimum absolute atomic E-state index is 0.0792. The van der Waals surface area contributed by atoms with Gasteiger partial charge in [-0.1, -0.05) is 0 Å². The zero-order valence-corrected chi connectivity index (χ0v) is 7.02. The van der Waals surface area contributed by atoms with Gasteiger partial charge in [0, 0.05) is 13.5 Å². The Morgan fingerprint density at radius 2 is 2.55 bits per heavy atom. The fraction of sp³-hybridized carbons (Fsp3) is 0.875. The van der Waals surface area contributed by atoms with Crippen LogP contribution in [0.25, 0.3) is 0 Å². The first-order valence-corrected chi connectivity index (χ1v) is 4.24. The molecule has 0 bridgehead atoms. The Kier molecular flexibility index (Phi) is 3.36. The molecular formula is C8H16N2O. The van der Waals surface area contributed by atoms with E-state index in [-0.39, 0.29) is 5.91 Å². The average Bonchev–Trinajstić information content (AvgIpc) is 2.03. The van der Waals surface area contributed by atoms with E-state index >= 15 is 0 Å². The molecule has 1 saturated heterocycles. The molecule has 1 rings (SSSR count). The highest BCUT2D eigenvalue weighted by atomic mass is 16.1. The monoisotopic (exact) mass is 156 g/mol. The van der Waals surface area contributed by atoms with E-state index in [2.05, 4.69) is 10.6 Å². The van der Waals surface area contributed by atoms with E-state index in [0.717, 1.165) is 19.6 Å². The van der Waals surface area contributed by atoms with Crippen molar-refractivity contribution in [2.45, 2.75) is 19.8 Å². The van der Waals surface area contributed by atoms with Crippen LogP contribution in [0.1, 0.15) is 19.8 Å². The number of amides is 1. The molecule has 1 aliphatic rings. The number of carbonyl (C=O) groups excluding carboxylic acids is 1. The Balaban J connectivity index is 2.09. The first-order chi connectivity index (χ1) is 5.29. The van der Waals surface area contributed by atoms with E-state index in [1.165, 1.54) is 12.8 Å². The summed E-state index contributed by atoms with van der Waals surface area (Å²) in [6.45, 7) is 4.59. The summed E-state index contributed by atoms with van der Waals surface area (Å²) in [5.41, 5.74) is 0. The molecule has 1 atom stereocenters. The molecule has 11 heavy (non-hydrogen) atoms. The van der Waals surface area contributed by atoms with E-state index in [0.29, 0.717) is 5.92 Å². The molecule has 1 amide bonds. The lowest BCUT2D eigenvalue weighted by Crippen LogP contribution is -2.37. The second-order valence-electron chi connectivity index (χ2n) is 3.15. The molecule has 0 saturated carbocycles. The van der Waals surface area contributed by atoms with Crippen molar-refractivity contribution in [3.63, 3.8) is 0 Å². The number of rotatable bonds is 2. The quantitative estimate of drug-likeness (QED) is 0.596. The van der Waals surface area contributed by atoms with Gasteiger partial charge in [-0.15, -0.1) is 0 Å². The smallest absolute Gasteiger partial charge is 0.216 e. The fourth-order valence-corrected chi connectivity index (χ4v) is 1.39. The molecule has 64 valence electrons. The van der Waals surface area contributed by atoms with E-state index in [1.54, 1.807) is 6.92 Å². The van der Waals surface area contributed by atoms with Crippen molar-refractivity contribution in [3.05, 3.63) is 0 Å². The van der Waals surface area contributed by atoms with Gasteiger partial charge in [-0.25, -0.2) is 0 Å². The van der Waals surface area contributed by atoms with E-state index in [4.69, 9.17) is 0 Å². The normalized spacial score (nSPS) is 24.6. The SMILES string of the molecule is CC(=O)NC[C@H]1CCCNC1. The zero-order valence-electron chi connectivity index (χ0n) is 7.02. The molecule has 0 aromatic rings. The van der Waals surface area contributed by atoms with Gasteiger partial charge in [-0.3, -0.25) is 4.79 Å². The Morgan fingerprint density at radius 3 is 3.09 bits per heavy atom. The predicted octanol–water partition coefficient (Wildman–Crippen LogP) is 0.122. The molecule has 2 N–H and O–H groups in total. The molecule has 0 aromatic heterocycles. The molecule has 3 nitrogen and oxygen atoms in total. The molecule has 0 aliphatic carbocycles. The number of hydrogen-bond acceptors (Lipinski definition) is 2. The second-order valence-corrected chi connectivity index (χ2v) is 3.15. The van der Waals surface area contributed by atoms with Gasteiger partial charge in [-0.05, 0) is 31.8 Å². The van der Waals surface area contributed by atoms with Crippen LogP contribution < -0.4 is 10.6 Å². The van der Waals surface area contributed by atoms with E-state index < -0.39 is 0 Å². The molecule has 0 aromatic carbocycles. The molecule has 0 unspecified atom stereocenters. The summed E-state index contributed by atoms with van der Waals surface area (Å²) in [5.74, 6) is 0.725. The number of nitrogens with one attached hydrogen (secondary N) is 2. The van der Waals surface area contributed by atoms with Gasteiger partial charge in [0.05, 0.1) is 0 Å². The lowest BCUT2D eigenvalue weighted by atomic mass is 10.00. The van der Waals surface area contributed by atoms with Crippen LogP contribution in [0.2, 0.25) is 0 Å². The maximum absolute atomic E-state index is 10.6.